The zero-order valence-electron chi connectivity index (χ0n) is 7.88. The zero-order chi connectivity index (χ0) is 10.6. The van der Waals surface area contributed by atoms with Crippen LogP contribution in [0.1, 0.15) is 5.69 Å². The lowest BCUT2D eigenvalue weighted by Crippen LogP contribution is -2.32. The maximum absolute atomic E-state index is 10.4. The highest BCUT2D eigenvalue weighted by atomic mass is 32.2. The van der Waals surface area contributed by atoms with Gasteiger partial charge in [0.2, 0.25) is 0 Å². The van der Waals surface area contributed by atoms with E-state index in [-0.39, 0.29) is 0 Å². The Morgan fingerprint density at radius 1 is 1.86 bits per heavy atom. The minimum atomic E-state index is -0.956. The summed E-state index contributed by atoms with van der Waals surface area (Å²) in [6.45, 7) is 0. The number of rotatable bonds is 5. The molecule has 0 aliphatic heterocycles. The first-order valence-electron chi connectivity index (χ1n) is 4.12. The molecule has 1 aromatic heterocycles. The van der Waals surface area contributed by atoms with Gasteiger partial charge in [-0.1, -0.05) is 0 Å². The van der Waals surface area contributed by atoms with Gasteiger partial charge >= 0.3 is 5.97 Å². The van der Waals surface area contributed by atoms with Crippen LogP contribution in [-0.4, -0.2) is 32.4 Å². The third-order valence-corrected chi connectivity index (χ3v) is 2.88. The summed E-state index contributed by atoms with van der Waals surface area (Å²) in [4.78, 5) is 14.4. The van der Waals surface area contributed by atoms with Gasteiger partial charge in [-0.15, -0.1) is 0 Å². The summed E-state index contributed by atoms with van der Waals surface area (Å²) >= 11 is 1.49. The third kappa shape index (κ3) is 3.04. The van der Waals surface area contributed by atoms with E-state index in [1.54, 1.807) is 12.5 Å². The van der Waals surface area contributed by atoms with E-state index in [2.05, 4.69) is 4.98 Å². The van der Waals surface area contributed by atoms with Gasteiger partial charge in [-0.05, 0) is 0 Å². The van der Waals surface area contributed by atoms with Gasteiger partial charge in [-0.2, -0.15) is 11.8 Å². The predicted molar refractivity (Wildman–Crippen MR) is 55.0 cm³/mol. The van der Waals surface area contributed by atoms with E-state index in [0.29, 0.717) is 5.75 Å². The first-order chi connectivity index (χ1) is 6.61. The largest absolute Gasteiger partial charge is 0.480 e. The van der Waals surface area contributed by atoms with Crippen LogP contribution in [0.25, 0.3) is 0 Å². The lowest BCUT2D eigenvalue weighted by Gasteiger charge is -2.05. The molecule has 0 amide bonds. The van der Waals surface area contributed by atoms with Gasteiger partial charge in [0, 0.05) is 30.4 Å². The number of aliphatic carboxylic acids is 1. The maximum atomic E-state index is 10.4. The van der Waals surface area contributed by atoms with Gasteiger partial charge in [0.05, 0.1) is 6.33 Å². The highest BCUT2D eigenvalue weighted by Crippen LogP contribution is 2.11. The van der Waals surface area contributed by atoms with Crippen molar-refractivity contribution in [1.82, 2.24) is 9.55 Å². The van der Waals surface area contributed by atoms with Gasteiger partial charge in [0.15, 0.2) is 0 Å². The van der Waals surface area contributed by atoms with Crippen LogP contribution in [0.2, 0.25) is 0 Å². The topological polar surface area (TPSA) is 81.1 Å². The van der Waals surface area contributed by atoms with Gasteiger partial charge in [-0.3, -0.25) is 4.79 Å². The van der Waals surface area contributed by atoms with Crippen molar-refractivity contribution in [2.75, 3.05) is 5.75 Å². The fraction of sp³-hybridized carbons (Fsp3) is 0.500. The minimum absolute atomic E-state index is 0.417. The van der Waals surface area contributed by atoms with Crippen LogP contribution < -0.4 is 5.73 Å². The third-order valence-electron chi connectivity index (χ3n) is 1.78. The summed E-state index contributed by atoms with van der Waals surface area (Å²) < 4.78 is 1.90. The predicted octanol–water partition coefficient (Wildman–Crippen LogP) is 0.0652. The molecule has 5 nitrogen and oxygen atoms in total. The average Bonchev–Trinajstić information content (AvgIpc) is 2.51. The molecule has 1 heterocycles. The average molecular weight is 215 g/mol. The van der Waals surface area contributed by atoms with Crippen LogP contribution in [0.5, 0.6) is 0 Å². The van der Waals surface area contributed by atoms with Crippen molar-refractivity contribution < 1.29 is 9.90 Å². The van der Waals surface area contributed by atoms with Gasteiger partial charge in [0.1, 0.15) is 6.04 Å². The Hall–Kier alpha value is -1.01. The molecule has 78 valence electrons. The van der Waals surface area contributed by atoms with Crippen LogP contribution in [0.4, 0.5) is 0 Å². The van der Waals surface area contributed by atoms with E-state index in [4.69, 9.17) is 10.8 Å². The van der Waals surface area contributed by atoms with Crippen molar-refractivity contribution in [3.8, 4) is 0 Å². The van der Waals surface area contributed by atoms with Crippen LogP contribution in [0.3, 0.4) is 0 Å². The van der Waals surface area contributed by atoms with Crippen LogP contribution in [0.15, 0.2) is 12.5 Å². The Labute approximate surface area is 86.3 Å². The Morgan fingerprint density at radius 2 is 2.57 bits per heavy atom. The molecule has 1 atom stereocenters. The molecule has 0 aliphatic carbocycles. The van der Waals surface area contributed by atoms with E-state index in [1.807, 2.05) is 11.6 Å². The number of carboxylic acid groups (broad SMARTS) is 1. The molecule has 1 aromatic rings. The summed E-state index contributed by atoms with van der Waals surface area (Å²) in [5.74, 6) is 0.195. The van der Waals surface area contributed by atoms with Gasteiger partial charge in [-0.25, -0.2) is 4.98 Å². The molecule has 0 unspecified atom stereocenters. The molecular weight excluding hydrogens is 202 g/mol. The maximum Gasteiger partial charge on any atom is 0.321 e. The van der Waals surface area contributed by atoms with E-state index in [1.165, 1.54) is 11.8 Å². The van der Waals surface area contributed by atoms with Crippen molar-refractivity contribution >= 4 is 17.7 Å². The molecule has 0 saturated heterocycles. The number of imidazole rings is 1. The highest BCUT2D eigenvalue weighted by Gasteiger charge is 2.11. The van der Waals surface area contributed by atoms with Gasteiger partial charge in [0.25, 0.3) is 0 Å². The highest BCUT2D eigenvalue weighted by molar-refractivity contribution is 7.98. The summed E-state index contributed by atoms with van der Waals surface area (Å²) in [7, 11) is 1.90. The molecule has 0 fully saturated rings. The number of aromatic nitrogens is 2. The SMILES string of the molecule is Cn1cncc1CSC[C@@H](N)C(=O)O. The molecule has 3 N–H and O–H groups in total. The fourth-order valence-corrected chi connectivity index (χ4v) is 1.89. The number of nitrogens with zero attached hydrogens (tertiary/aromatic N) is 2. The van der Waals surface area contributed by atoms with Crippen molar-refractivity contribution in [2.45, 2.75) is 11.8 Å². The Kier molecular flexibility index (Phi) is 3.97. The number of thioether (sulfide) groups is 1. The minimum Gasteiger partial charge on any atom is -0.480 e. The van der Waals surface area contributed by atoms with E-state index >= 15 is 0 Å². The normalized spacial score (nSPS) is 12.7. The number of aryl methyl sites for hydroxylation is 1. The van der Waals surface area contributed by atoms with Crippen molar-refractivity contribution in [3.05, 3.63) is 18.2 Å². The summed E-state index contributed by atoms with van der Waals surface area (Å²) in [5.41, 5.74) is 6.41. The van der Waals surface area contributed by atoms with E-state index < -0.39 is 12.0 Å². The molecule has 0 saturated carbocycles. The second-order valence-corrected chi connectivity index (χ2v) is 3.99. The summed E-state index contributed by atoms with van der Waals surface area (Å²) in [6.07, 6.45) is 3.48. The van der Waals surface area contributed by atoms with Crippen LogP contribution in [-0.2, 0) is 17.6 Å². The molecule has 0 aliphatic rings. The molecule has 0 bridgehead atoms. The molecule has 0 spiro atoms. The van der Waals surface area contributed by atoms with E-state index in [0.717, 1.165) is 11.4 Å². The van der Waals surface area contributed by atoms with Crippen molar-refractivity contribution in [2.24, 2.45) is 12.8 Å². The summed E-state index contributed by atoms with van der Waals surface area (Å²) in [6, 6.07) is -0.784. The zero-order valence-corrected chi connectivity index (χ0v) is 8.70. The Balaban J connectivity index is 2.29. The van der Waals surface area contributed by atoms with Crippen molar-refractivity contribution in [3.63, 3.8) is 0 Å². The Morgan fingerprint density at radius 3 is 3.07 bits per heavy atom. The van der Waals surface area contributed by atoms with Gasteiger partial charge < -0.3 is 15.4 Å². The second kappa shape index (κ2) is 5.02. The first-order valence-corrected chi connectivity index (χ1v) is 5.28. The lowest BCUT2D eigenvalue weighted by atomic mass is 10.4. The van der Waals surface area contributed by atoms with Crippen LogP contribution in [0, 0.1) is 0 Å². The smallest absolute Gasteiger partial charge is 0.321 e. The quantitative estimate of drug-likeness (QED) is 0.726. The monoisotopic (exact) mass is 215 g/mol. The van der Waals surface area contributed by atoms with E-state index in [9.17, 15) is 4.79 Å². The Bertz CT molecular complexity index is 313. The number of hydrogen-bond donors (Lipinski definition) is 2. The lowest BCUT2D eigenvalue weighted by molar-refractivity contribution is -0.137. The number of nitrogens with two attached hydrogens (primary N) is 1. The molecule has 1 rings (SSSR count). The summed E-state index contributed by atoms with van der Waals surface area (Å²) in [5, 5.41) is 8.54. The number of carboxylic acids is 1. The fourth-order valence-electron chi connectivity index (χ4n) is 0.885. The molecule has 0 radical (unpaired) electrons. The van der Waals surface area contributed by atoms with Crippen LogP contribution >= 0.6 is 11.8 Å². The number of carbonyl (C=O) groups is 1. The molecular formula is C8H13N3O2S. The molecule has 14 heavy (non-hydrogen) atoms. The standard InChI is InChI=1S/C8H13N3O2S/c1-11-5-10-2-6(11)3-14-4-7(9)8(12)13/h2,5,7H,3-4,9H2,1H3,(H,12,13)/t7-/m1/s1. The first kappa shape index (κ1) is 11.1. The molecule has 0 aromatic carbocycles. The molecule has 6 heteroatoms. The second-order valence-electron chi connectivity index (χ2n) is 2.96. The number of hydrogen-bond acceptors (Lipinski definition) is 4. The van der Waals surface area contributed by atoms with Crippen molar-refractivity contribution in [1.29, 1.82) is 0 Å².